The number of anilines is 1. The molecule has 180 valence electrons. The molecule has 33 heavy (non-hydrogen) atoms. The van der Waals surface area contributed by atoms with Crippen LogP contribution in [-0.4, -0.2) is 70.8 Å². The molecule has 1 amide bonds. The highest BCUT2D eigenvalue weighted by molar-refractivity contribution is 5.91. The van der Waals surface area contributed by atoms with Gasteiger partial charge in [-0.05, 0) is 44.4 Å². The van der Waals surface area contributed by atoms with Crippen LogP contribution in [0.1, 0.15) is 38.2 Å². The monoisotopic (exact) mass is 465 g/mol. The van der Waals surface area contributed by atoms with Crippen molar-refractivity contribution in [2.24, 2.45) is 5.92 Å². The molecule has 1 unspecified atom stereocenters. The minimum atomic E-state index is -4.52. The Bertz CT molecular complexity index is 1010. The minimum absolute atomic E-state index is 0.0560. The van der Waals surface area contributed by atoms with Crippen LogP contribution >= 0.6 is 0 Å². The second-order valence-electron chi connectivity index (χ2n) is 9.60. The zero-order valence-electron chi connectivity index (χ0n) is 18.9. The van der Waals surface area contributed by atoms with Gasteiger partial charge in [-0.3, -0.25) is 14.8 Å². The number of benzene rings is 1. The van der Waals surface area contributed by atoms with E-state index >= 15 is 0 Å². The van der Waals surface area contributed by atoms with E-state index in [-0.39, 0.29) is 35.3 Å². The Labute approximate surface area is 191 Å². The first-order chi connectivity index (χ1) is 15.5. The van der Waals surface area contributed by atoms with Gasteiger partial charge in [0.15, 0.2) is 0 Å². The summed E-state index contributed by atoms with van der Waals surface area (Å²) < 4.78 is 40.4. The Morgan fingerprint density at radius 1 is 1.18 bits per heavy atom. The number of nitrogens with one attached hydrogen (secondary N) is 1. The maximum atomic E-state index is 13.5. The van der Waals surface area contributed by atoms with Crippen LogP contribution in [0.15, 0.2) is 24.5 Å². The second-order valence-corrected chi connectivity index (χ2v) is 9.60. The largest absolute Gasteiger partial charge is 0.418 e. The molecule has 0 bridgehead atoms. The molecule has 2 atom stereocenters. The number of aliphatic hydroxyl groups is 1. The number of alkyl halides is 3. The summed E-state index contributed by atoms with van der Waals surface area (Å²) in [6, 6.07) is 2.32. The van der Waals surface area contributed by atoms with Crippen LogP contribution in [0.2, 0.25) is 0 Å². The van der Waals surface area contributed by atoms with E-state index in [1.54, 1.807) is 0 Å². The summed E-state index contributed by atoms with van der Waals surface area (Å²) in [5, 5.41) is 13.8. The number of fused-ring (bicyclic) bond motifs is 1. The zero-order chi connectivity index (χ0) is 23.8. The molecule has 2 aliphatic rings. The number of hydrogen-bond acceptors (Lipinski definition) is 6. The third-order valence-corrected chi connectivity index (χ3v) is 6.68. The summed E-state index contributed by atoms with van der Waals surface area (Å²) in [5.74, 6) is 0.0163. The molecule has 1 aromatic heterocycles. The van der Waals surface area contributed by atoms with Gasteiger partial charge < -0.3 is 20.2 Å². The lowest BCUT2D eigenvalue weighted by Crippen LogP contribution is -2.52. The minimum Gasteiger partial charge on any atom is -0.389 e. The van der Waals surface area contributed by atoms with E-state index in [0.29, 0.717) is 31.6 Å². The fourth-order valence-corrected chi connectivity index (χ4v) is 4.97. The van der Waals surface area contributed by atoms with E-state index < -0.39 is 17.3 Å². The van der Waals surface area contributed by atoms with Crippen LogP contribution in [0.25, 0.3) is 11.0 Å². The van der Waals surface area contributed by atoms with Gasteiger partial charge in [0.25, 0.3) is 0 Å². The summed E-state index contributed by atoms with van der Waals surface area (Å²) in [6.45, 7) is 4.64. The number of amides is 1. The van der Waals surface area contributed by atoms with Gasteiger partial charge in [-0.2, -0.15) is 13.2 Å². The number of aromatic nitrogens is 2. The van der Waals surface area contributed by atoms with E-state index in [1.807, 2.05) is 18.9 Å². The average Bonchev–Trinajstić information content (AvgIpc) is 2.74. The van der Waals surface area contributed by atoms with E-state index in [9.17, 15) is 23.1 Å². The van der Waals surface area contributed by atoms with E-state index in [0.717, 1.165) is 25.6 Å². The molecule has 0 radical (unpaired) electrons. The number of halogens is 3. The van der Waals surface area contributed by atoms with Crippen molar-refractivity contribution in [2.75, 3.05) is 38.1 Å². The van der Waals surface area contributed by atoms with Crippen LogP contribution in [-0.2, 0) is 11.0 Å². The standard InChI is InChI=1S/C23H30F3N5O2/c1-15-11-16(29-19(32)12-22(33)5-9-30(2)10-6-22)14-31(13-15)18-4-3-17(23(24,25)26)20-21(18)28-8-7-27-20/h3-4,7-8,15-16,33H,5-6,9-14H2,1-2H3,(H,29,32)/t15?,16-/m1/s1. The SMILES string of the molecule is CC1C[C@@H](NC(=O)CC2(O)CCN(C)CC2)CN(c2ccc(C(F)(F)F)c3nccnc23)C1. The van der Waals surface area contributed by atoms with Crippen molar-refractivity contribution in [1.29, 1.82) is 0 Å². The Morgan fingerprint density at radius 3 is 2.52 bits per heavy atom. The molecule has 2 aromatic rings. The topological polar surface area (TPSA) is 81.6 Å². The predicted molar refractivity (Wildman–Crippen MR) is 119 cm³/mol. The molecule has 0 saturated carbocycles. The Morgan fingerprint density at radius 2 is 1.85 bits per heavy atom. The lowest BCUT2D eigenvalue weighted by Gasteiger charge is -2.39. The van der Waals surface area contributed by atoms with Crippen molar-refractivity contribution < 1.29 is 23.1 Å². The zero-order valence-corrected chi connectivity index (χ0v) is 18.9. The van der Waals surface area contributed by atoms with E-state index in [2.05, 4.69) is 20.2 Å². The van der Waals surface area contributed by atoms with Crippen molar-refractivity contribution in [1.82, 2.24) is 20.2 Å². The molecule has 0 aliphatic carbocycles. The van der Waals surface area contributed by atoms with Crippen LogP contribution in [0.3, 0.4) is 0 Å². The Kier molecular flexibility index (Phi) is 6.50. The highest BCUT2D eigenvalue weighted by Crippen LogP contribution is 2.37. The summed E-state index contributed by atoms with van der Waals surface area (Å²) in [6.07, 6.45) is 0.0548. The molecule has 3 heterocycles. The number of hydrogen-bond donors (Lipinski definition) is 2. The smallest absolute Gasteiger partial charge is 0.389 e. The number of likely N-dealkylation sites (tertiary alicyclic amines) is 1. The Balaban J connectivity index is 1.50. The van der Waals surface area contributed by atoms with Gasteiger partial charge in [0.1, 0.15) is 11.0 Å². The summed E-state index contributed by atoms with van der Waals surface area (Å²) in [7, 11) is 1.99. The summed E-state index contributed by atoms with van der Waals surface area (Å²) in [4.78, 5) is 25.0. The van der Waals surface area contributed by atoms with Crippen LogP contribution in [0, 0.1) is 5.92 Å². The summed E-state index contributed by atoms with van der Waals surface area (Å²) >= 11 is 0. The molecule has 4 rings (SSSR count). The fourth-order valence-electron chi connectivity index (χ4n) is 4.97. The van der Waals surface area contributed by atoms with Crippen LogP contribution in [0.4, 0.5) is 18.9 Å². The first-order valence-corrected chi connectivity index (χ1v) is 11.3. The van der Waals surface area contributed by atoms with E-state index in [1.165, 1.54) is 18.5 Å². The maximum absolute atomic E-state index is 13.5. The van der Waals surface area contributed by atoms with Gasteiger partial charge in [0, 0.05) is 44.6 Å². The lowest BCUT2D eigenvalue weighted by molar-refractivity contribution is -0.136. The predicted octanol–water partition coefficient (Wildman–Crippen LogP) is 2.83. The van der Waals surface area contributed by atoms with Gasteiger partial charge in [-0.25, -0.2) is 0 Å². The van der Waals surface area contributed by atoms with Crippen molar-refractivity contribution in [3.8, 4) is 0 Å². The highest BCUT2D eigenvalue weighted by Gasteiger charge is 2.37. The fraction of sp³-hybridized carbons (Fsp3) is 0.609. The molecule has 1 aromatic carbocycles. The molecule has 0 spiro atoms. The molecule has 2 fully saturated rings. The number of carbonyl (C=O) groups is 1. The van der Waals surface area contributed by atoms with Crippen molar-refractivity contribution >= 4 is 22.6 Å². The van der Waals surface area contributed by atoms with Crippen molar-refractivity contribution in [3.63, 3.8) is 0 Å². The average molecular weight is 466 g/mol. The van der Waals surface area contributed by atoms with Gasteiger partial charge in [-0.15, -0.1) is 0 Å². The third kappa shape index (κ3) is 5.38. The third-order valence-electron chi connectivity index (χ3n) is 6.68. The lowest BCUT2D eigenvalue weighted by atomic mass is 9.87. The quantitative estimate of drug-likeness (QED) is 0.723. The van der Waals surface area contributed by atoms with Gasteiger partial charge in [0.05, 0.1) is 23.3 Å². The van der Waals surface area contributed by atoms with Crippen LogP contribution in [0.5, 0.6) is 0 Å². The number of piperidine rings is 2. The maximum Gasteiger partial charge on any atom is 0.418 e. The first kappa shape index (κ1) is 23.7. The van der Waals surface area contributed by atoms with Crippen molar-refractivity contribution in [2.45, 2.75) is 50.4 Å². The molecular formula is C23H30F3N5O2. The van der Waals surface area contributed by atoms with E-state index in [4.69, 9.17) is 0 Å². The highest BCUT2D eigenvalue weighted by atomic mass is 19.4. The Hall–Kier alpha value is -2.46. The molecule has 2 saturated heterocycles. The van der Waals surface area contributed by atoms with Gasteiger partial charge in [0.2, 0.25) is 5.91 Å². The van der Waals surface area contributed by atoms with Crippen LogP contribution < -0.4 is 10.2 Å². The molecule has 2 N–H and O–H groups in total. The van der Waals surface area contributed by atoms with Gasteiger partial charge in [-0.1, -0.05) is 6.92 Å². The van der Waals surface area contributed by atoms with Crippen molar-refractivity contribution in [3.05, 3.63) is 30.1 Å². The molecular weight excluding hydrogens is 435 g/mol. The second kappa shape index (κ2) is 9.06. The molecule has 2 aliphatic heterocycles. The number of carbonyl (C=O) groups excluding carboxylic acids is 1. The first-order valence-electron chi connectivity index (χ1n) is 11.3. The molecule has 10 heteroatoms. The summed E-state index contributed by atoms with van der Waals surface area (Å²) in [5.41, 5.74) is -1.20. The normalized spacial score (nSPS) is 24.1. The molecule has 7 nitrogen and oxygen atoms in total. The number of rotatable bonds is 4. The number of nitrogens with zero attached hydrogens (tertiary/aromatic N) is 4. The van der Waals surface area contributed by atoms with Gasteiger partial charge >= 0.3 is 6.18 Å².